The van der Waals surface area contributed by atoms with Gasteiger partial charge in [0.15, 0.2) is 0 Å². The first-order valence-corrected chi connectivity index (χ1v) is 10.7. The fourth-order valence-corrected chi connectivity index (χ4v) is 2.99. The van der Waals surface area contributed by atoms with Crippen molar-refractivity contribution in [3.8, 4) is 5.75 Å². The van der Waals surface area contributed by atoms with E-state index in [0.717, 1.165) is 18.4 Å². The lowest BCUT2D eigenvalue weighted by atomic mass is 9.78. The minimum atomic E-state index is -2.14. The summed E-state index contributed by atoms with van der Waals surface area (Å²) >= 11 is 0. The Labute approximate surface area is 164 Å². The van der Waals surface area contributed by atoms with Crippen molar-refractivity contribution in [1.29, 1.82) is 0 Å². The van der Waals surface area contributed by atoms with Gasteiger partial charge in [0.1, 0.15) is 5.75 Å². The molecule has 0 fully saturated rings. The predicted molar refractivity (Wildman–Crippen MR) is 108 cm³/mol. The second-order valence-corrected chi connectivity index (χ2v) is 7.79. The molecule has 0 heterocycles. The molecule has 0 aliphatic rings. The number of para-hydroxylation sites is 1. The van der Waals surface area contributed by atoms with Crippen LogP contribution in [0.4, 0.5) is 0 Å². The van der Waals surface area contributed by atoms with Crippen LogP contribution in [0.1, 0.15) is 59.9 Å². The minimum Gasteiger partial charge on any atom is -0.508 e. The van der Waals surface area contributed by atoms with Gasteiger partial charge in [-0.3, -0.25) is 9.36 Å². The van der Waals surface area contributed by atoms with Crippen LogP contribution in [-0.4, -0.2) is 30.9 Å². The van der Waals surface area contributed by atoms with E-state index < -0.39 is 8.25 Å². The van der Waals surface area contributed by atoms with Crippen molar-refractivity contribution in [3.05, 3.63) is 29.8 Å². The SMILES string of the molecule is CCOC(=O)C(C)CCC(C)(C)c1ccccc1O.CCO[PH](=O)OCC. The summed E-state index contributed by atoms with van der Waals surface area (Å²) in [5.41, 5.74) is 0.762. The summed E-state index contributed by atoms with van der Waals surface area (Å²) in [5.74, 6) is 0.0666. The van der Waals surface area contributed by atoms with E-state index in [9.17, 15) is 14.5 Å². The van der Waals surface area contributed by atoms with Gasteiger partial charge in [0.2, 0.25) is 0 Å². The third-order valence-electron chi connectivity index (χ3n) is 4.05. The van der Waals surface area contributed by atoms with Gasteiger partial charge in [-0.1, -0.05) is 39.0 Å². The van der Waals surface area contributed by atoms with Crippen molar-refractivity contribution in [3.63, 3.8) is 0 Å². The number of benzene rings is 1. The van der Waals surface area contributed by atoms with Crippen molar-refractivity contribution in [1.82, 2.24) is 0 Å². The molecular formula is C20H35O6P. The molecule has 1 N–H and O–H groups in total. The van der Waals surface area contributed by atoms with Gasteiger partial charge in [-0.15, -0.1) is 0 Å². The Morgan fingerprint density at radius 3 is 2.15 bits per heavy atom. The number of esters is 1. The summed E-state index contributed by atoms with van der Waals surface area (Å²) in [4.78, 5) is 11.6. The highest BCUT2D eigenvalue weighted by Crippen LogP contribution is 2.35. The van der Waals surface area contributed by atoms with E-state index in [-0.39, 0.29) is 17.3 Å². The Kier molecular flexibility index (Phi) is 13.1. The normalized spacial score (nSPS) is 12.3. The van der Waals surface area contributed by atoms with Crippen LogP contribution in [0.5, 0.6) is 5.75 Å². The third kappa shape index (κ3) is 10.5. The van der Waals surface area contributed by atoms with Gasteiger partial charge in [-0.25, -0.2) is 0 Å². The van der Waals surface area contributed by atoms with Gasteiger partial charge in [0.25, 0.3) is 0 Å². The van der Waals surface area contributed by atoms with Gasteiger partial charge >= 0.3 is 14.2 Å². The molecule has 0 aliphatic carbocycles. The number of carbonyl (C=O) groups excluding carboxylic acids is 1. The van der Waals surface area contributed by atoms with Crippen molar-refractivity contribution in [2.45, 2.75) is 59.8 Å². The summed E-state index contributed by atoms with van der Waals surface area (Å²) in [6.07, 6.45) is 1.57. The molecule has 0 saturated heterocycles. The molecule has 6 nitrogen and oxygen atoms in total. The Morgan fingerprint density at radius 1 is 1.11 bits per heavy atom. The molecule has 1 unspecified atom stereocenters. The van der Waals surface area contributed by atoms with E-state index >= 15 is 0 Å². The molecule has 1 aromatic rings. The maximum atomic E-state index is 11.6. The van der Waals surface area contributed by atoms with Crippen LogP contribution in [0, 0.1) is 5.92 Å². The molecule has 0 bridgehead atoms. The summed E-state index contributed by atoms with van der Waals surface area (Å²) in [6.45, 7) is 12.8. The molecule has 156 valence electrons. The Bertz CT molecular complexity index is 565. The fourth-order valence-electron chi connectivity index (χ4n) is 2.44. The molecule has 0 saturated carbocycles. The number of ether oxygens (including phenoxy) is 1. The number of hydrogen-bond donors (Lipinski definition) is 1. The fraction of sp³-hybridized carbons (Fsp3) is 0.650. The molecule has 1 aromatic carbocycles. The van der Waals surface area contributed by atoms with E-state index in [4.69, 9.17) is 4.74 Å². The molecule has 0 spiro atoms. The summed E-state index contributed by atoms with van der Waals surface area (Å²) in [7, 11) is -2.14. The molecule has 0 radical (unpaired) electrons. The van der Waals surface area contributed by atoms with Crippen LogP contribution >= 0.6 is 8.25 Å². The Balaban J connectivity index is 0.000000713. The number of phenols is 1. The maximum absolute atomic E-state index is 11.6. The average Bonchev–Trinajstić information content (AvgIpc) is 2.61. The Hall–Kier alpha value is -1.36. The van der Waals surface area contributed by atoms with E-state index in [1.54, 1.807) is 19.9 Å². The quantitative estimate of drug-likeness (QED) is 0.433. The lowest BCUT2D eigenvalue weighted by molar-refractivity contribution is -0.147. The first kappa shape index (κ1) is 25.6. The van der Waals surface area contributed by atoms with Crippen LogP contribution in [0.2, 0.25) is 0 Å². The van der Waals surface area contributed by atoms with Crippen LogP contribution in [-0.2, 0) is 28.6 Å². The highest BCUT2D eigenvalue weighted by molar-refractivity contribution is 7.33. The van der Waals surface area contributed by atoms with E-state index in [2.05, 4.69) is 22.9 Å². The van der Waals surface area contributed by atoms with Crippen LogP contribution in [0.15, 0.2) is 24.3 Å². The number of aromatic hydroxyl groups is 1. The lowest BCUT2D eigenvalue weighted by Gasteiger charge is -2.27. The topological polar surface area (TPSA) is 82.1 Å². The Morgan fingerprint density at radius 2 is 1.67 bits per heavy atom. The van der Waals surface area contributed by atoms with Gasteiger partial charge in [-0.05, 0) is 50.7 Å². The van der Waals surface area contributed by atoms with Gasteiger partial charge < -0.3 is 18.9 Å². The standard InChI is InChI=1S/C16H24O3.C4H11O3P/c1-5-19-15(18)12(2)10-11-16(3,4)13-8-6-7-9-14(13)17;1-3-6-8(5)7-4-2/h6-9,12,17H,5,10-11H2,1-4H3;8H,3-4H2,1-2H3. The lowest BCUT2D eigenvalue weighted by Crippen LogP contribution is -2.21. The molecule has 0 aromatic heterocycles. The summed E-state index contributed by atoms with van der Waals surface area (Å²) in [5, 5.41) is 9.91. The zero-order valence-electron chi connectivity index (χ0n) is 17.4. The maximum Gasteiger partial charge on any atom is 0.319 e. The molecule has 0 aliphatic heterocycles. The van der Waals surface area contributed by atoms with Crippen LogP contribution in [0.25, 0.3) is 0 Å². The smallest absolute Gasteiger partial charge is 0.319 e. The second-order valence-electron chi connectivity index (χ2n) is 6.71. The average molecular weight is 402 g/mol. The number of hydrogen-bond acceptors (Lipinski definition) is 6. The molecule has 1 rings (SSSR count). The zero-order chi connectivity index (χ0) is 20.9. The zero-order valence-corrected chi connectivity index (χ0v) is 18.4. The van der Waals surface area contributed by atoms with Crippen molar-refractivity contribution < 1.29 is 28.3 Å². The van der Waals surface area contributed by atoms with Gasteiger partial charge in [0.05, 0.1) is 25.7 Å². The molecule has 0 amide bonds. The van der Waals surface area contributed by atoms with Crippen molar-refractivity contribution >= 4 is 14.2 Å². The van der Waals surface area contributed by atoms with Crippen LogP contribution in [0.3, 0.4) is 0 Å². The van der Waals surface area contributed by atoms with Gasteiger partial charge in [0, 0.05) is 0 Å². The van der Waals surface area contributed by atoms with E-state index in [0.29, 0.717) is 25.6 Å². The van der Waals surface area contributed by atoms with Crippen molar-refractivity contribution in [2.75, 3.05) is 19.8 Å². The van der Waals surface area contributed by atoms with E-state index in [1.165, 1.54) is 0 Å². The number of rotatable bonds is 10. The summed E-state index contributed by atoms with van der Waals surface area (Å²) in [6, 6.07) is 7.37. The largest absolute Gasteiger partial charge is 0.508 e. The molecule has 27 heavy (non-hydrogen) atoms. The molecule has 7 heteroatoms. The van der Waals surface area contributed by atoms with Gasteiger partial charge in [-0.2, -0.15) is 0 Å². The molecule has 1 atom stereocenters. The predicted octanol–water partition coefficient (Wildman–Crippen LogP) is 5.10. The number of carbonyl (C=O) groups is 1. The first-order chi connectivity index (χ1) is 12.7. The van der Waals surface area contributed by atoms with E-state index in [1.807, 2.05) is 32.0 Å². The monoisotopic (exact) mass is 402 g/mol. The van der Waals surface area contributed by atoms with Crippen molar-refractivity contribution in [2.24, 2.45) is 5.92 Å². The molecular weight excluding hydrogens is 367 g/mol. The van der Waals surface area contributed by atoms with Crippen LogP contribution < -0.4 is 0 Å². The summed E-state index contributed by atoms with van der Waals surface area (Å²) < 4.78 is 24.6. The second kappa shape index (κ2) is 13.8. The first-order valence-electron chi connectivity index (χ1n) is 9.44. The minimum absolute atomic E-state index is 0.106. The number of phenolic OH excluding ortho intramolecular Hbond substituents is 1. The third-order valence-corrected chi connectivity index (χ3v) is 5.10. The highest BCUT2D eigenvalue weighted by Gasteiger charge is 2.25. The highest BCUT2D eigenvalue weighted by atomic mass is 31.1.